The summed E-state index contributed by atoms with van der Waals surface area (Å²) in [6.07, 6.45) is 4.46. The Bertz CT molecular complexity index is 192. The summed E-state index contributed by atoms with van der Waals surface area (Å²) in [6, 6.07) is 0. The van der Waals surface area contributed by atoms with Gasteiger partial charge in [0.1, 0.15) is 0 Å². The summed E-state index contributed by atoms with van der Waals surface area (Å²) in [6.45, 7) is 0. The second-order valence-electron chi connectivity index (χ2n) is 2.40. The van der Waals surface area contributed by atoms with E-state index in [-0.39, 0.29) is 0 Å². The van der Waals surface area contributed by atoms with E-state index in [1.54, 1.807) is 0 Å². The lowest BCUT2D eigenvalue weighted by Gasteiger charge is -1.87. The van der Waals surface area contributed by atoms with Crippen LogP contribution in [-0.4, -0.2) is 16.8 Å². The average molecular weight is 139 g/mol. The van der Waals surface area contributed by atoms with Gasteiger partial charge in [0, 0.05) is 17.7 Å². The SMILES string of the molecule is N=C(/C=C/C(=O)O)C1CC1. The molecule has 0 saturated heterocycles. The minimum absolute atomic E-state index is 0.343. The molecule has 0 spiro atoms. The summed E-state index contributed by atoms with van der Waals surface area (Å²) in [4.78, 5) is 9.96. The monoisotopic (exact) mass is 139 g/mol. The van der Waals surface area contributed by atoms with E-state index in [1.165, 1.54) is 6.08 Å². The summed E-state index contributed by atoms with van der Waals surface area (Å²) in [5.41, 5.74) is 0.447. The molecule has 3 nitrogen and oxygen atoms in total. The van der Waals surface area contributed by atoms with Gasteiger partial charge in [-0.25, -0.2) is 4.79 Å². The first kappa shape index (κ1) is 6.99. The van der Waals surface area contributed by atoms with Gasteiger partial charge in [0.05, 0.1) is 0 Å². The first-order chi connectivity index (χ1) is 4.70. The minimum atomic E-state index is -0.981. The van der Waals surface area contributed by atoms with Crippen molar-refractivity contribution in [2.24, 2.45) is 5.92 Å². The largest absolute Gasteiger partial charge is 0.478 e. The molecule has 0 aromatic carbocycles. The third-order valence-corrected chi connectivity index (χ3v) is 1.42. The highest BCUT2D eigenvalue weighted by molar-refractivity contribution is 5.99. The third kappa shape index (κ3) is 2.01. The topological polar surface area (TPSA) is 61.2 Å². The summed E-state index contributed by atoms with van der Waals surface area (Å²) in [7, 11) is 0. The molecule has 0 radical (unpaired) electrons. The van der Waals surface area contributed by atoms with Crippen LogP contribution in [0.2, 0.25) is 0 Å². The summed E-state index contributed by atoms with van der Waals surface area (Å²) >= 11 is 0. The highest BCUT2D eigenvalue weighted by Gasteiger charge is 2.24. The molecule has 0 bridgehead atoms. The summed E-state index contributed by atoms with van der Waals surface area (Å²) in [5.74, 6) is -0.638. The fraction of sp³-hybridized carbons (Fsp3) is 0.429. The Kier molecular flexibility index (Phi) is 1.85. The Morgan fingerprint density at radius 2 is 2.10 bits per heavy atom. The zero-order valence-corrected chi connectivity index (χ0v) is 5.50. The summed E-state index contributed by atoms with van der Waals surface area (Å²) < 4.78 is 0. The van der Waals surface area contributed by atoms with E-state index in [9.17, 15) is 4.79 Å². The van der Waals surface area contributed by atoms with Crippen LogP contribution < -0.4 is 0 Å². The van der Waals surface area contributed by atoms with Crippen molar-refractivity contribution in [1.82, 2.24) is 0 Å². The fourth-order valence-electron chi connectivity index (χ4n) is 0.691. The highest BCUT2D eigenvalue weighted by atomic mass is 16.4. The fourth-order valence-corrected chi connectivity index (χ4v) is 0.691. The number of hydrogen-bond donors (Lipinski definition) is 2. The van der Waals surface area contributed by atoms with Crippen LogP contribution in [0.3, 0.4) is 0 Å². The van der Waals surface area contributed by atoms with Gasteiger partial charge in [-0.2, -0.15) is 0 Å². The Labute approximate surface area is 58.9 Å². The predicted octanol–water partition coefficient (Wildman–Crippen LogP) is 1.06. The molecule has 1 rings (SSSR count). The lowest BCUT2D eigenvalue weighted by atomic mass is 10.2. The van der Waals surface area contributed by atoms with Crippen molar-refractivity contribution >= 4 is 11.7 Å². The standard InChI is InChI=1S/C7H9NO2/c8-6(5-1-2-5)3-4-7(9)10/h3-5,8H,1-2H2,(H,9,10)/b4-3+,8-6?. The van der Waals surface area contributed by atoms with Crippen LogP contribution in [-0.2, 0) is 4.79 Å². The number of aliphatic carboxylic acids is 1. The maximum absolute atomic E-state index is 9.96. The molecule has 0 atom stereocenters. The quantitative estimate of drug-likeness (QED) is 0.453. The lowest BCUT2D eigenvalue weighted by molar-refractivity contribution is -0.131. The zero-order valence-electron chi connectivity index (χ0n) is 5.50. The smallest absolute Gasteiger partial charge is 0.328 e. The van der Waals surface area contributed by atoms with Crippen LogP contribution >= 0.6 is 0 Å². The molecule has 1 saturated carbocycles. The van der Waals surface area contributed by atoms with E-state index in [2.05, 4.69) is 0 Å². The van der Waals surface area contributed by atoms with Gasteiger partial charge in [-0.3, -0.25) is 0 Å². The van der Waals surface area contributed by atoms with E-state index >= 15 is 0 Å². The molecular formula is C7H9NO2. The van der Waals surface area contributed by atoms with Crippen molar-refractivity contribution in [2.75, 3.05) is 0 Å². The number of carboxylic acids is 1. The van der Waals surface area contributed by atoms with Crippen LogP contribution in [0, 0.1) is 11.3 Å². The van der Waals surface area contributed by atoms with Crippen molar-refractivity contribution < 1.29 is 9.90 Å². The molecule has 1 aliphatic rings. The molecule has 0 amide bonds. The number of hydrogen-bond acceptors (Lipinski definition) is 2. The second-order valence-corrected chi connectivity index (χ2v) is 2.40. The van der Waals surface area contributed by atoms with E-state index in [1.807, 2.05) is 0 Å². The first-order valence-corrected chi connectivity index (χ1v) is 3.19. The lowest BCUT2D eigenvalue weighted by Crippen LogP contribution is -1.95. The van der Waals surface area contributed by atoms with Crippen molar-refractivity contribution in [3.63, 3.8) is 0 Å². The highest BCUT2D eigenvalue weighted by Crippen LogP contribution is 2.30. The molecule has 3 heteroatoms. The molecule has 0 aromatic heterocycles. The van der Waals surface area contributed by atoms with Crippen LogP contribution in [0.5, 0.6) is 0 Å². The van der Waals surface area contributed by atoms with Crippen LogP contribution in [0.15, 0.2) is 12.2 Å². The van der Waals surface area contributed by atoms with Gasteiger partial charge in [-0.15, -0.1) is 0 Å². The average Bonchev–Trinajstić information content (AvgIpc) is 2.63. The van der Waals surface area contributed by atoms with Crippen LogP contribution in [0.25, 0.3) is 0 Å². The van der Waals surface area contributed by atoms with Gasteiger partial charge in [0.15, 0.2) is 0 Å². The maximum atomic E-state index is 9.96. The van der Waals surface area contributed by atoms with Gasteiger partial charge in [-0.1, -0.05) is 0 Å². The number of rotatable bonds is 3. The Morgan fingerprint density at radius 3 is 2.50 bits per heavy atom. The molecule has 1 aliphatic carbocycles. The van der Waals surface area contributed by atoms with Crippen molar-refractivity contribution in [1.29, 1.82) is 5.41 Å². The Hall–Kier alpha value is -1.12. The van der Waals surface area contributed by atoms with Gasteiger partial charge in [-0.05, 0) is 18.9 Å². The molecular weight excluding hydrogens is 130 g/mol. The van der Waals surface area contributed by atoms with Gasteiger partial charge >= 0.3 is 5.97 Å². The third-order valence-electron chi connectivity index (χ3n) is 1.42. The number of carboxylic acid groups (broad SMARTS) is 1. The molecule has 2 N–H and O–H groups in total. The van der Waals surface area contributed by atoms with Crippen LogP contribution in [0.4, 0.5) is 0 Å². The number of nitrogens with one attached hydrogen (secondary N) is 1. The number of carbonyl (C=O) groups is 1. The molecule has 0 unspecified atom stereocenters. The maximum Gasteiger partial charge on any atom is 0.328 e. The predicted molar refractivity (Wildman–Crippen MR) is 37.2 cm³/mol. The van der Waals surface area contributed by atoms with E-state index in [0.717, 1.165) is 18.9 Å². The Balaban J connectivity index is 2.36. The molecule has 0 aliphatic heterocycles. The van der Waals surface area contributed by atoms with E-state index < -0.39 is 5.97 Å². The van der Waals surface area contributed by atoms with Crippen molar-refractivity contribution in [3.05, 3.63) is 12.2 Å². The van der Waals surface area contributed by atoms with E-state index in [0.29, 0.717) is 11.6 Å². The summed E-state index contributed by atoms with van der Waals surface area (Å²) in [5, 5.41) is 15.4. The van der Waals surface area contributed by atoms with Gasteiger partial charge in [0.2, 0.25) is 0 Å². The van der Waals surface area contributed by atoms with Crippen molar-refractivity contribution in [3.8, 4) is 0 Å². The normalized spacial score (nSPS) is 17.6. The Morgan fingerprint density at radius 1 is 1.50 bits per heavy atom. The molecule has 1 fully saturated rings. The van der Waals surface area contributed by atoms with Crippen LogP contribution in [0.1, 0.15) is 12.8 Å². The second kappa shape index (κ2) is 2.64. The zero-order chi connectivity index (χ0) is 7.56. The molecule has 0 heterocycles. The van der Waals surface area contributed by atoms with Gasteiger partial charge in [0.25, 0.3) is 0 Å². The minimum Gasteiger partial charge on any atom is -0.478 e. The van der Waals surface area contributed by atoms with Gasteiger partial charge < -0.3 is 10.5 Å². The molecule has 54 valence electrons. The van der Waals surface area contributed by atoms with E-state index in [4.69, 9.17) is 10.5 Å². The molecule has 10 heavy (non-hydrogen) atoms. The number of allylic oxidation sites excluding steroid dienone is 1. The van der Waals surface area contributed by atoms with Crippen molar-refractivity contribution in [2.45, 2.75) is 12.8 Å². The first-order valence-electron chi connectivity index (χ1n) is 3.19. The molecule has 0 aromatic rings.